The van der Waals surface area contributed by atoms with Gasteiger partial charge in [-0.25, -0.2) is 9.78 Å². The summed E-state index contributed by atoms with van der Waals surface area (Å²) in [5.74, 6) is -0.544. The molecule has 1 aliphatic heterocycles. The molecule has 1 saturated carbocycles. The first-order chi connectivity index (χ1) is 11.7. The molecule has 1 unspecified atom stereocenters. The van der Waals surface area contributed by atoms with Gasteiger partial charge in [0.15, 0.2) is 0 Å². The van der Waals surface area contributed by atoms with Crippen molar-refractivity contribution < 1.29 is 24.7 Å². The number of rotatable bonds is 3. The van der Waals surface area contributed by atoms with Crippen LogP contribution in [0.3, 0.4) is 0 Å². The summed E-state index contributed by atoms with van der Waals surface area (Å²) < 4.78 is 0. The lowest BCUT2D eigenvalue weighted by Gasteiger charge is -2.34. The van der Waals surface area contributed by atoms with Gasteiger partial charge in [0.2, 0.25) is 5.79 Å². The van der Waals surface area contributed by atoms with E-state index in [9.17, 15) is 5.11 Å². The predicted octanol–water partition coefficient (Wildman–Crippen LogP) is 4.67. The van der Waals surface area contributed by atoms with Gasteiger partial charge < -0.3 is 5.11 Å². The third kappa shape index (κ3) is 7.79. The summed E-state index contributed by atoms with van der Waals surface area (Å²) in [7, 11) is 0. The monoisotopic (exact) mass is 344 g/mol. The minimum atomic E-state index is -0.742. The number of aliphatic hydroxyl groups is 1. The quantitative estimate of drug-likeness (QED) is 0.754. The first-order valence-corrected chi connectivity index (χ1v) is 9.99. The van der Waals surface area contributed by atoms with E-state index in [2.05, 4.69) is 0 Å². The normalized spacial score (nSPS) is 26.8. The Morgan fingerprint density at radius 3 is 1.75 bits per heavy atom. The molecule has 2 fully saturated rings. The van der Waals surface area contributed by atoms with Crippen molar-refractivity contribution in [2.24, 2.45) is 5.92 Å². The van der Waals surface area contributed by atoms with Crippen molar-refractivity contribution in [1.82, 2.24) is 0 Å². The summed E-state index contributed by atoms with van der Waals surface area (Å²) in [6, 6.07) is 0. The zero-order chi connectivity index (χ0) is 17.1. The molecule has 1 heterocycles. The topological polar surface area (TPSA) is 57.2 Å². The Balaban J connectivity index is 1.82. The van der Waals surface area contributed by atoms with Gasteiger partial charge in [0.1, 0.15) is 0 Å². The van der Waals surface area contributed by atoms with Crippen molar-refractivity contribution in [3.8, 4) is 0 Å². The molecule has 0 amide bonds. The van der Waals surface area contributed by atoms with Crippen LogP contribution in [0.4, 0.5) is 0 Å². The van der Waals surface area contributed by atoms with Crippen LogP contribution in [0.15, 0.2) is 0 Å². The largest absolute Gasteiger partial charge is 0.393 e. The molecule has 5 heteroatoms. The Morgan fingerprint density at radius 1 is 0.833 bits per heavy atom. The van der Waals surface area contributed by atoms with Crippen molar-refractivity contribution in [3.63, 3.8) is 0 Å². The SMILES string of the molecule is CC(O)CCC1COOC2(CCCCCCCCCCC2)OOC1. The van der Waals surface area contributed by atoms with Gasteiger partial charge in [-0.3, -0.25) is 0 Å². The molecule has 0 aromatic heterocycles. The number of aliphatic hydroxyl groups excluding tert-OH is 1. The standard InChI is InChI=1S/C19H36O5/c1-17(20)11-12-18-15-21-23-19(24-22-16-18)13-9-7-5-3-2-4-6-8-10-14-19/h17-18,20H,2-16H2,1H3. The van der Waals surface area contributed by atoms with Crippen LogP contribution in [-0.4, -0.2) is 30.2 Å². The fourth-order valence-electron chi connectivity index (χ4n) is 3.50. The molecular formula is C19H36O5. The first-order valence-electron chi connectivity index (χ1n) is 9.99. The van der Waals surface area contributed by atoms with Crippen LogP contribution in [0.1, 0.15) is 90.4 Å². The predicted molar refractivity (Wildman–Crippen MR) is 92.0 cm³/mol. The molecule has 0 aromatic carbocycles. The lowest BCUT2D eigenvalue weighted by molar-refractivity contribution is -0.531. The molecule has 1 aliphatic carbocycles. The van der Waals surface area contributed by atoms with Gasteiger partial charge in [0, 0.05) is 18.8 Å². The summed E-state index contributed by atoms with van der Waals surface area (Å²) in [4.78, 5) is 22.6. The second kappa shape index (κ2) is 11.4. The molecule has 24 heavy (non-hydrogen) atoms. The van der Waals surface area contributed by atoms with Crippen LogP contribution in [0.25, 0.3) is 0 Å². The van der Waals surface area contributed by atoms with E-state index in [4.69, 9.17) is 19.6 Å². The van der Waals surface area contributed by atoms with Crippen LogP contribution in [0, 0.1) is 5.92 Å². The van der Waals surface area contributed by atoms with E-state index in [0.29, 0.717) is 13.2 Å². The highest BCUT2D eigenvalue weighted by Gasteiger charge is 2.36. The van der Waals surface area contributed by atoms with Gasteiger partial charge in [-0.1, -0.05) is 44.9 Å². The first kappa shape index (κ1) is 20.1. The third-order valence-electron chi connectivity index (χ3n) is 5.14. The van der Waals surface area contributed by atoms with E-state index in [0.717, 1.165) is 38.5 Å². The highest BCUT2D eigenvalue weighted by Crippen LogP contribution is 2.32. The average molecular weight is 344 g/mol. The summed E-state index contributed by atoms with van der Waals surface area (Å²) in [5.41, 5.74) is 0. The van der Waals surface area contributed by atoms with Crippen molar-refractivity contribution >= 4 is 0 Å². The van der Waals surface area contributed by atoms with E-state index in [1.54, 1.807) is 6.92 Å². The molecule has 2 rings (SSSR count). The highest BCUT2D eigenvalue weighted by molar-refractivity contribution is 4.70. The maximum Gasteiger partial charge on any atom is 0.233 e. The van der Waals surface area contributed by atoms with Gasteiger partial charge >= 0.3 is 0 Å². The van der Waals surface area contributed by atoms with Crippen molar-refractivity contribution in [2.75, 3.05) is 13.2 Å². The molecule has 1 atom stereocenters. The zero-order valence-corrected chi connectivity index (χ0v) is 15.3. The van der Waals surface area contributed by atoms with Gasteiger partial charge in [0.25, 0.3) is 0 Å². The summed E-state index contributed by atoms with van der Waals surface area (Å²) >= 11 is 0. The van der Waals surface area contributed by atoms with E-state index >= 15 is 0 Å². The number of hydrogen-bond acceptors (Lipinski definition) is 5. The second-order valence-electron chi connectivity index (χ2n) is 7.62. The van der Waals surface area contributed by atoms with E-state index < -0.39 is 5.79 Å². The molecule has 2 aliphatic rings. The van der Waals surface area contributed by atoms with Crippen molar-refractivity contribution in [2.45, 2.75) is 102 Å². The second-order valence-corrected chi connectivity index (χ2v) is 7.62. The molecule has 5 nitrogen and oxygen atoms in total. The molecular weight excluding hydrogens is 308 g/mol. The van der Waals surface area contributed by atoms with Gasteiger partial charge in [0.05, 0.1) is 19.3 Å². The lowest BCUT2D eigenvalue weighted by Crippen LogP contribution is -2.40. The Morgan fingerprint density at radius 2 is 1.29 bits per heavy atom. The van der Waals surface area contributed by atoms with E-state index in [-0.39, 0.29) is 12.0 Å². The molecule has 0 radical (unpaired) electrons. The Bertz CT molecular complexity index is 297. The molecule has 142 valence electrons. The van der Waals surface area contributed by atoms with Crippen LogP contribution >= 0.6 is 0 Å². The fourth-order valence-corrected chi connectivity index (χ4v) is 3.50. The van der Waals surface area contributed by atoms with Crippen LogP contribution < -0.4 is 0 Å². The zero-order valence-electron chi connectivity index (χ0n) is 15.3. The smallest absolute Gasteiger partial charge is 0.233 e. The van der Waals surface area contributed by atoms with Gasteiger partial charge in [-0.2, -0.15) is 9.78 Å². The Hall–Kier alpha value is -0.200. The maximum atomic E-state index is 9.41. The molecule has 1 N–H and O–H groups in total. The van der Waals surface area contributed by atoms with Crippen molar-refractivity contribution in [3.05, 3.63) is 0 Å². The molecule has 1 saturated heterocycles. The third-order valence-corrected chi connectivity index (χ3v) is 5.14. The minimum Gasteiger partial charge on any atom is -0.393 e. The minimum absolute atomic E-state index is 0.197. The fraction of sp³-hybridized carbons (Fsp3) is 1.00. The van der Waals surface area contributed by atoms with Crippen LogP contribution in [0.2, 0.25) is 0 Å². The van der Waals surface area contributed by atoms with Gasteiger partial charge in [-0.05, 0) is 32.6 Å². The molecule has 0 aromatic rings. The summed E-state index contributed by atoms with van der Waals surface area (Å²) in [5, 5.41) is 9.41. The van der Waals surface area contributed by atoms with Crippen LogP contribution in [-0.2, 0) is 19.6 Å². The van der Waals surface area contributed by atoms with Crippen molar-refractivity contribution in [1.29, 1.82) is 0 Å². The highest BCUT2D eigenvalue weighted by atomic mass is 17.3. The van der Waals surface area contributed by atoms with Gasteiger partial charge in [-0.15, -0.1) is 0 Å². The summed E-state index contributed by atoms with van der Waals surface area (Å²) in [6.45, 7) is 2.80. The van der Waals surface area contributed by atoms with Crippen LogP contribution in [0.5, 0.6) is 0 Å². The summed E-state index contributed by atoms with van der Waals surface area (Å²) in [6.07, 6.45) is 14.2. The van der Waals surface area contributed by atoms with E-state index in [1.165, 1.54) is 44.9 Å². The molecule has 1 spiro atoms. The number of hydrogen-bond donors (Lipinski definition) is 1. The maximum absolute atomic E-state index is 9.41. The average Bonchev–Trinajstić information content (AvgIpc) is 2.52. The lowest BCUT2D eigenvalue weighted by atomic mass is 9.97. The van der Waals surface area contributed by atoms with E-state index in [1.807, 2.05) is 0 Å². The Labute approximate surface area is 146 Å². The Kier molecular flexibility index (Phi) is 9.57. The molecule has 0 bridgehead atoms.